The maximum absolute atomic E-state index is 12.7. The molecule has 0 radical (unpaired) electrons. The molecule has 0 unspecified atom stereocenters. The number of hydrogen-bond donors (Lipinski definition) is 0. The van der Waals surface area contributed by atoms with E-state index in [9.17, 15) is 8.42 Å². The molecule has 1 aromatic heterocycles. The summed E-state index contributed by atoms with van der Waals surface area (Å²) in [6.07, 6.45) is 7.21. The van der Waals surface area contributed by atoms with E-state index in [1.807, 2.05) is 10.8 Å². The number of hydrogen-bond acceptors (Lipinski definition) is 5. The molecule has 124 valence electrons. The number of aromatic nitrogens is 2. The second kappa shape index (κ2) is 7.08. The Morgan fingerprint density at radius 2 is 2.00 bits per heavy atom. The molecule has 22 heavy (non-hydrogen) atoms. The predicted molar refractivity (Wildman–Crippen MR) is 83.0 cm³/mol. The Morgan fingerprint density at radius 3 is 2.73 bits per heavy atom. The van der Waals surface area contributed by atoms with Gasteiger partial charge in [0, 0.05) is 45.1 Å². The largest absolute Gasteiger partial charge is 0.379 e. The van der Waals surface area contributed by atoms with Crippen LogP contribution in [0.5, 0.6) is 0 Å². The number of imidazole rings is 1. The van der Waals surface area contributed by atoms with Gasteiger partial charge in [0.1, 0.15) is 0 Å². The van der Waals surface area contributed by atoms with Crippen LogP contribution < -0.4 is 0 Å². The molecule has 2 fully saturated rings. The van der Waals surface area contributed by atoms with E-state index in [0.717, 1.165) is 32.5 Å². The molecule has 0 saturated carbocycles. The molecule has 1 atom stereocenters. The van der Waals surface area contributed by atoms with Crippen molar-refractivity contribution in [3.05, 3.63) is 18.7 Å². The third-order valence-corrected chi connectivity index (χ3v) is 6.76. The van der Waals surface area contributed by atoms with E-state index in [1.54, 1.807) is 16.8 Å². The van der Waals surface area contributed by atoms with Crippen LogP contribution in [-0.4, -0.2) is 78.4 Å². The van der Waals surface area contributed by atoms with Gasteiger partial charge in [0.25, 0.3) is 0 Å². The number of piperidine rings is 1. The molecule has 0 bridgehead atoms. The Labute approximate surface area is 131 Å². The van der Waals surface area contributed by atoms with Crippen LogP contribution in [0.2, 0.25) is 0 Å². The maximum atomic E-state index is 12.7. The van der Waals surface area contributed by atoms with Crippen LogP contribution in [0.3, 0.4) is 0 Å². The molecule has 2 aliphatic rings. The van der Waals surface area contributed by atoms with E-state index in [4.69, 9.17) is 4.74 Å². The van der Waals surface area contributed by atoms with Gasteiger partial charge in [0.15, 0.2) is 0 Å². The number of rotatable bonds is 5. The van der Waals surface area contributed by atoms with E-state index < -0.39 is 10.0 Å². The zero-order valence-electron chi connectivity index (χ0n) is 12.8. The molecular formula is C14H24N4O3S. The van der Waals surface area contributed by atoms with Gasteiger partial charge in [-0.2, -0.15) is 4.31 Å². The summed E-state index contributed by atoms with van der Waals surface area (Å²) in [4.78, 5) is 6.29. The standard InChI is InChI=1S/C14H24N4O3S/c19-22(20,18-8-10-21-11-9-18)14-2-1-4-16(12-14)6-7-17-5-3-15-13-17/h3,5,13-14H,1-2,4,6-12H2/t14-/m1/s1. The minimum Gasteiger partial charge on any atom is -0.379 e. The third-order valence-electron chi connectivity index (χ3n) is 4.45. The lowest BCUT2D eigenvalue weighted by molar-refractivity contribution is 0.0719. The van der Waals surface area contributed by atoms with Crippen LogP contribution in [0.15, 0.2) is 18.7 Å². The number of likely N-dealkylation sites (tertiary alicyclic amines) is 1. The first-order valence-corrected chi connectivity index (χ1v) is 9.41. The minimum absolute atomic E-state index is 0.276. The third kappa shape index (κ3) is 3.68. The molecular weight excluding hydrogens is 304 g/mol. The van der Waals surface area contributed by atoms with Crippen molar-refractivity contribution in [3.63, 3.8) is 0 Å². The van der Waals surface area contributed by atoms with Crippen molar-refractivity contribution in [2.24, 2.45) is 0 Å². The zero-order chi connectivity index (χ0) is 15.4. The fourth-order valence-electron chi connectivity index (χ4n) is 3.15. The Kier molecular flexibility index (Phi) is 5.12. The molecule has 0 aromatic carbocycles. The van der Waals surface area contributed by atoms with Crippen molar-refractivity contribution in [2.75, 3.05) is 45.9 Å². The Balaban J connectivity index is 1.57. The molecule has 7 nitrogen and oxygen atoms in total. The topological polar surface area (TPSA) is 67.7 Å². The Morgan fingerprint density at radius 1 is 1.18 bits per heavy atom. The number of sulfonamides is 1. The van der Waals surface area contributed by atoms with Gasteiger partial charge in [0.2, 0.25) is 10.0 Å². The number of nitrogens with zero attached hydrogens (tertiary/aromatic N) is 4. The average molecular weight is 328 g/mol. The van der Waals surface area contributed by atoms with Gasteiger partial charge in [-0.25, -0.2) is 13.4 Å². The highest BCUT2D eigenvalue weighted by Gasteiger charge is 2.35. The van der Waals surface area contributed by atoms with Crippen LogP contribution in [0.25, 0.3) is 0 Å². The van der Waals surface area contributed by atoms with E-state index in [0.29, 0.717) is 32.8 Å². The second-order valence-corrected chi connectivity index (χ2v) is 8.13. The summed E-state index contributed by atoms with van der Waals surface area (Å²) < 4.78 is 34.4. The van der Waals surface area contributed by atoms with Crippen molar-refractivity contribution < 1.29 is 13.2 Å². The van der Waals surface area contributed by atoms with E-state index >= 15 is 0 Å². The number of ether oxygens (including phenoxy) is 1. The first-order valence-electron chi connectivity index (χ1n) is 7.91. The summed E-state index contributed by atoms with van der Waals surface area (Å²) in [5, 5.41) is -0.276. The van der Waals surface area contributed by atoms with Crippen molar-refractivity contribution in [1.29, 1.82) is 0 Å². The maximum Gasteiger partial charge on any atom is 0.218 e. The van der Waals surface area contributed by atoms with Crippen LogP contribution >= 0.6 is 0 Å². The highest BCUT2D eigenvalue weighted by Crippen LogP contribution is 2.21. The number of morpholine rings is 1. The lowest BCUT2D eigenvalue weighted by Crippen LogP contribution is -2.51. The Hall–Kier alpha value is -0.960. The first kappa shape index (κ1) is 15.9. The van der Waals surface area contributed by atoms with Gasteiger partial charge in [0.05, 0.1) is 24.8 Å². The molecule has 8 heteroatoms. The predicted octanol–water partition coefficient (Wildman–Crippen LogP) is 0.00950. The van der Waals surface area contributed by atoms with Gasteiger partial charge < -0.3 is 14.2 Å². The summed E-state index contributed by atoms with van der Waals surface area (Å²) >= 11 is 0. The molecule has 0 N–H and O–H groups in total. The van der Waals surface area contributed by atoms with Gasteiger partial charge in [-0.05, 0) is 19.4 Å². The molecule has 0 spiro atoms. The van der Waals surface area contributed by atoms with E-state index in [-0.39, 0.29) is 5.25 Å². The highest BCUT2D eigenvalue weighted by atomic mass is 32.2. The molecule has 2 aliphatic heterocycles. The molecule has 0 amide bonds. The molecule has 2 saturated heterocycles. The van der Waals surface area contributed by atoms with Crippen molar-refractivity contribution in [3.8, 4) is 0 Å². The van der Waals surface area contributed by atoms with Crippen LogP contribution in [0.4, 0.5) is 0 Å². The summed E-state index contributed by atoms with van der Waals surface area (Å²) in [5.41, 5.74) is 0. The zero-order valence-corrected chi connectivity index (χ0v) is 13.6. The fraction of sp³-hybridized carbons (Fsp3) is 0.786. The fourth-order valence-corrected chi connectivity index (χ4v) is 5.09. The van der Waals surface area contributed by atoms with Crippen molar-refractivity contribution in [1.82, 2.24) is 18.8 Å². The van der Waals surface area contributed by atoms with E-state index in [1.165, 1.54) is 0 Å². The van der Waals surface area contributed by atoms with E-state index in [2.05, 4.69) is 9.88 Å². The molecule has 1 aromatic rings. The monoisotopic (exact) mass is 328 g/mol. The summed E-state index contributed by atoms with van der Waals surface area (Å²) in [6, 6.07) is 0. The molecule has 3 heterocycles. The first-order chi connectivity index (χ1) is 10.7. The van der Waals surface area contributed by atoms with Gasteiger partial charge in [-0.1, -0.05) is 0 Å². The summed E-state index contributed by atoms with van der Waals surface area (Å²) in [5.74, 6) is 0. The van der Waals surface area contributed by atoms with Crippen LogP contribution in [0.1, 0.15) is 12.8 Å². The van der Waals surface area contributed by atoms with Gasteiger partial charge in [-0.3, -0.25) is 0 Å². The molecule has 0 aliphatic carbocycles. The van der Waals surface area contributed by atoms with Crippen molar-refractivity contribution in [2.45, 2.75) is 24.6 Å². The SMILES string of the molecule is O=S(=O)([C@@H]1CCCN(CCn2ccnc2)C1)N1CCOCC1. The summed E-state index contributed by atoms with van der Waals surface area (Å²) in [7, 11) is -3.20. The average Bonchev–Trinajstić information content (AvgIpc) is 3.07. The smallest absolute Gasteiger partial charge is 0.218 e. The normalized spacial score (nSPS) is 25.4. The van der Waals surface area contributed by atoms with Gasteiger partial charge in [-0.15, -0.1) is 0 Å². The highest BCUT2D eigenvalue weighted by molar-refractivity contribution is 7.89. The quantitative estimate of drug-likeness (QED) is 0.762. The van der Waals surface area contributed by atoms with Crippen LogP contribution in [0, 0.1) is 0 Å². The van der Waals surface area contributed by atoms with Gasteiger partial charge >= 0.3 is 0 Å². The van der Waals surface area contributed by atoms with Crippen LogP contribution in [-0.2, 0) is 21.3 Å². The lowest BCUT2D eigenvalue weighted by Gasteiger charge is -2.36. The lowest BCUT2D eigenvalue weighted by atomic mass is 10.1. The molecule has 3 rings (SSSR count). The van der Waals surface area contributed by atoms with Crippen molar-refractivity contribution >= 4 is 10.0 Å². The summed E-state index contributed by atoms with van der Waals surface area (Å²) in [6.45, 7) is 5.34. The minimum atomic E-state index is -3.20. The Bertz CT molecular complexity index is 555. The second-order valence-electron chi connectivity index (χ2n) is 5.92.